The standard InChI is InChI=1S/C15H15N3O2/c1-3-9-6-10(4-5-13(9)20-2)11-7-14(17)18-15(19)12(11)8-16/h4-7H,3H2,1-2H3,(H3,17,18,19). The Kier molecular flexibility index (Phi) is 3.76. The van der Waals surface area contributed by atoms with E-state index < -0.39 is 5.56 Å². The Labute approximate surface area is 116 Å². The van der Waals surface area contributed by atoms with E-state index in [-0.39, 0.29) is 11.4 Å². The Bertz CT molecular complexity index is 742. The summed E-state index contributed by atoms with van der Waals surface area (Å²) in [5, 5.41) is 9.14. The summed E-state index contributed by atoms with van der Waals surface area (Å²) in [6.45, 7) is 2.01. The van der Waals surface area contributed by atoms with E-state index in [1.54, 1.807) is 13.2 Å². The first-order valence-corrected chi connectivity index (χ1v) is 6.20. The zero-order chi connectivity index (χ0) is 14.7. The van der Waals surface area contributed by atoms with Gasteiger partial charge in [-0.2, -0.15) is 5.26 Å². The van der Waals surface area contributed by atoms with Crippen molar-refractivity contribution >= 4 is 5.82 Å². The topological polar surface area (TPSA) is 91.9 Å². The molecule has 0 atom stereocenters. The Balaban J connectivity index is 2.69. The van der Waals surface area contributed by atoms with Crippen LogP contribution in [0.2, 0.25) is 0 Å². The average molecular weight is 269 g/mol. The molecule has 0 fully saturated rings. The summed E-state index contributed by atoms with van der Waals surface area (Å²) >= 11 is 0. The average Bonchev–Trinajstić information content (AvgIpc) is 2.45. The highest BCUT2D eigenvalue weighted by atomic mass is 16.5. The van der Waals surface area contributed by atoms with Crippen LogP contribution in [-0.4, -0.2) is 12.1 Å². The minimum atomic E-state index is -0.476. The molecule has 3 N–H and O–H groups in total. The van der Waals surface area contributed by atoms with Crippen LogP contribution in [0.4, 0.5) is 5.82 Å². The van der Waals surface area contributed by atoms with Gasteiger partial charge in [-0.25, -0.2) is 0 Å². The van der Waals surface area contributed by atoms with Gasteiger partial charge < -0.3 is 15.5 Å². The third kappa shape index (κ3) is 2.36. The van der Waals surface area contributed by atoms with Gasteiger partial charge in [0.15, 0.2) is 0 Å². The van der Waals surface area contributed by atoms with Crippen LogP contribution in [0.25, 0.3) is 11.1 Å². The maximum Gasteiger partial charge on any atom is 0.268 e. The molecule has 0 amide bonds. The Morgan fingerprint density at radius 2 is 2.15 bits per heavy atom. The van der Waals surface area contributed by atoms with E-state index in [9.17, 15) is 4.79 Å². The van der Waals surface area contributed by atoms with Crippen molar-refractivity contribution in [3.05, 3.63) is 45.7 Å². The lowest BCUT2D eigenvalue weighted by molar-refractivity contribution is 0.410. The largest absolute Gasteiger partial charge is 0.496 e. The van der Waals surface area contributed by atoms with Crippen LogP contribution >= 0.6 is 0 Å². The van der Waals surface area contributed by atoms with Gasteiger partial charge in [-0.05, 0) is 35.7 Å². The maximum absolute atomic E-state index is 11.8. The summed E-state index contributed by atoms with van der Waals surface area (Å²) < 4.78 is 5.27. The van der Waals surface area contributed by atoms with E-state index in [1.807, 2.05) is 31.2 Å². The lowest BCUT2D eigenvalue weighted by atomic mass is 9.98. The van der Waals surface area contributed by atoms with Crippen molar-refractivity contribution in [1.29, 1.82) is 5.26 Å². The molecule has 0 aliphatic rings. The van der Waals surface area contributed by atoms with Crippen LogP contribution < -0.4 is 16.0 Å². The normalized spacial score (nSPS) is 10.1. The highest BCUT2D eigenvalue weighted by Crippen LogP contribution is 2.28. The number of aryl methyl sites for hydroxylation is 1. The molecule has 20 heavy (non-hydrogen) atoms. The fraction of sp³-hybridized carbons (Fsp3) is 0.200. The van der Waals surface area contributed by atoms with E-state index in [0.717, 1.165) is 23.3 Å². The number of nitrogens with two attached hydrogens (primary N) is 1. The van der Waals surface area contributed by atoms with E-state index in [0.29, 0.717) is 5.56 Å². The van der Waals surface area contributed by atoms with Crippen molar-refractivity contribution in [2.24, 2.45) is 0 Å². The van der Waals surface area contributed by atoms with E-state index >= 15 is 0 Å². The number of pyridine rings is 1. The van der Waals surface area contributed by atoms with Crippen LogP contribution in [0, 0.1) is 11.3 Å². The number of H-pyrrole nitrogens is 1. The van der Waals surface area contributed by atoms with Crippen LogP contribution in [0.1, 0.15) is 18.1 Å². The van der Waals surface area contributed by atoms with Crippen molar-refractivity contribution in [2.75, 3.05) is 12.8 Å². The Hall–Kier alpha value is -2.74. The van der Waals surface area contributed by atoms with Crippen molar-refractivity contribution in [1.82, 2.24) is 4.98 Å². The first-order valence-electron chi connectivity index (χ1n) is 6.20. The van der Waals surface area contributed by atoms with Gasteiger partial charge in [0.2, 0.25) is 0 Å². The molecule has 0 aliphatic carbocycles. The molecule has 2 rings (SSSR count). The molecule has 0 aliphatic heterocycles. The number of nitrogen functional groups attached to an aromatic ring is 1. The number of hydrogen-bond donors (Lipinski definition) is 2. The molecule has 0 saturated heterocycles. The first-order chi connectivity index (χ1) is 9.60. The molecule has 5 nitrogen and oxygen atoms in total. The molecule has 0 bridgehead atoms. The highest BCUT2D eigenvalue weighted by molar-refractivity contribution is 5.73. The van der Waals surface area contributed by atoms with Gasteiger partial charge in [-0.3, -0.25) is 4.79 Å². The zero-order valence-corrected chi connectivity index (χ0v) is 11.4. The molecule has 0 spiro atoms. The van der Waals surface area contributed by atoms with Gasteiger partial charge in [-0.1, -0.05) is 13.0 Å². The minimum absolute atomic E-state index is 0.0615. The quantitative estimate of drug-likeness (QED) is 0.892. The number of methoxy groups -OCH3 is 1. The number of rotatable bonds is 3. The molecule has 2 aromatic rings. The van der Waals surface area contributed by atoms with E-state index in [4.69, 9.17) is 15.7 Å². The van der Waals surface area contributed by atoms with Crippen LogP contribution in [-0.2, 0) is 6.42 Å². The molecule has 1 heterocycles. The number of nitriles is 1. The number of ether oxygens (including phenoxy) is 1. The number of nitrogens with one attached hydrogen (secondary N) is 1. The van der Waals surface area contributed by atoms with Crippen molar-refractivity contribution in [2.45, 2.75) is 13.3 Å². The monoisotopic (exact) mass is 269 g/mol. The number of hydrogen-bond acceptors (Lipinski definition) is 4. The van der Waals surface area contributed by atoms with Crippen LogP contribution in [0.5, 0.6) is 5.75 Å². The lowest BCUT2D eigenvalue weighted by Gasteiger charge is -2.10. The van der Waals surface area contributed by atoms with Gasteiger partial charge in [-0.15, -0.1) is 0 Å². The second kappa shape index (κ2) is 5.49. The first kappa shape index (κ1) is 13.7. The Morgan fingerprint density at radius 1 is 1.40 bits per heavy atom. The highest BCUT2D eigenvalue weighted by Gasteiger charge is 2.12. The van der Waals surface area contributed by atoms with Crippen molar-refractivity contribution < 1.29 is 4.74 Å². The smallest absolute Gasteiger partial charge is 0.268 e. The summed E-state index contributed by atoms with van der Waals surface area (Å²) in [5.74, 6) is 1.02. The molecule has 102 valence electrons. The lowest BCUT2D eigenvalue weighted by Crippen LogP contribution is -2.13. The van der Waals surface area contributed by atoms with Crippen molar-refractivity contribution in [3.63, 3.8) is 0 Å². The van der Waals surface area contributed by atoms with Gasteiger partial charge in [0.1, 0.15) is 23.2 Å². The molecule has 0 saturated carbocycles. The Morgan fingerprint density at radius 3 is 2.75 bits per heavy atom. The fourth-order valence-electron chi connectivity index (χ4n) is 2.14. The molecule has 1 aromatic heterocycles. The summed E-state index contributed by atoms with van der Waals surface area (Å²) in [4.78, 5) is 14.2. The number of anilines is 1. The number of nitrogens with zero attached hydrogens (tertiary/aromatic N) is 1. The van der Waals surface area contributed by atoms with Gasteiger partial charge in [0, 0.05) is 5.56 Å². The van der Waals surface area contributed by atoms with Gasteiger partial charge >= 0.3 is 0 Å². The maximum atomic E-state index is 11.8. The summed E-state index contributed by atoms with van der Waals surface area (Å²) in [6.07, 6.45) is 0.789. The van der Waals surface area contributed by atoms with E-state index in [2.05, 4.69) is 4.98 Å². The van der Waals surface area contributed by atoms with Crippen LogP contribution in [0.3, 0.4) is 0 Å². The molecule has 0 radical (unpaired) electrons. The third-order valence-corrected chi connectivity index (χ3v) is 3.14. The molecule has 1 aromatic carbocycles. The van der Waals surface area contributed by atoms with Gasteiger partial charge in [0.25, 0.3) is 5.56 Å². The molecule has 5 heteroatoms. The molecule has 0 unspecified atom stereocenters. The molecular weight excluding hydrogens is 254 g/mol. The minimum Gasteiger partial charge on any atom is -0.496 e. The number of aromatic amines is 1. The SMILES string of the molecule is CCc1cc(-c2cc(N)[nH]c(=O)c2C#N)ccc1OC. The predicted molar refractivity (Wildman–Crippen MR) is 77.6 cm³/mol. The fourth-order valence-corrected chi connectivity index (χ4v) is 2.14. The van der Waals surface area contributed by atoms with Crippen molar-refractivity contribution in [3.8, 4) is 22.9 Å². The second-order valence-electron chi connectivity index (χ2n) is 4.33. The number of aromatic nitrogens is 1. The summed E-state index contributed by atoms with van der Waals surface area (Å²) in [5.41, 5.74) is 7.56. The summed E-state index contributed by atoms with van der Waals surface area (Å²) in [6, 6.07) is 9.07. The van der Waals surface area contributed by atoms with E-state index in [1.165, 1.54) is 0 Å². The predicted octanol–water partition coefficient (Wildman–Crippen LogP) is 2.07. The number of benzene rings is 1. The van der Waals surface area contributed by atoms with Crippen LogP contribution in [0.15, 0.2) is 29.1 Å². The zero-order valence-electron chi connectivity index (χ0n) is 11.4. The third-order valence-electron chi connectivity index (χ3n) is 3.14. The summed E-state index contributed by atoms with van der Waals surface area (Å²) in [7, 11) is 1.61. The van der Waals surface area contributed by atoms with Gasteiger partial charge in [0.05, 0.1) is 7.11 Å². The second-order valence-corrected chi connectivity index (χ2v) is 4.33. The molecular formula is C15H15N3O2.